The Balaban J connectivity index is 2.58. The van der Waals surface area contributed by atoms with Crippen LogP contribution >= 0.6 is 0 Å². The number of aliphatic hydroxyl groups excluding tert-OH is 1. The normalized spacial score (nSPS) is 14.1. The van der Waals surface area contributed by atoms with Crippen LogP contribution < -0.4 is 10.1 Å². The van der Waals surface area contributed by atoms with Crippen molar-refractivity contribution in [1.82, 2.24) is 5.32 Å². The highest BCUT2D eigenvalue weighted by molar-refractivity contribution is 5.76. The molecule has 0 aromatic heterocycles. The topological polar surface area (TPSA) is 58.6 Å². The first-order chi connectivity index (χ1) is 11.2. The highest BCUT2D eigenvalue weighted by Crippen LogP contribution is 2.27. The number of carbonyl (C=O) groups excluding carboxylic acids is 1. The number of benzene rings is 1. The van der Waals surface area contributed by atoms with Gasteiger partial charge in [-0.2, -0.15) is 0 Å². The lowest BCUT2D eigenvalue weighted by molar-refractivity contribution is -0.274. The van der Waals surface area contributed by atoms with Crippen molar-refractivity contribution in [2.45, 2.75) is 51.9 Å². The third kappa shape index (κ3) is 7.68. The van der Waals surface area contributed by atoms with Gasteiger partial charge in [0.05, 0.1) is 0 Å². The molecule has 0 bridgehead atoms. The molecule has 0 aliphatic rings. The maximum Gasteiger partial charge on any atom is 0.573 e. The highest BCUT2D eigenvalue weighted by Gasteiger charge is 2.32. The SMILES string of the molecule is CC[C@H](C[C@@H](C)CO)NC(=O)CCc1ccccc1OC(F)(F)F. The van der Waals surface area contributed by atoms with Gasteiger partial charge in [0, 0.05) is 19.1 Å². The summed E-state index contributed by atoms with van der Waals surface area (Å²) in [5, 5.41) is 11.9. The van der Waals surface area contributed by atoms with E-state index in [1.54, 1.807) is 6.07 Å². The Morgan fingerprint density at radius 3 is 2.58 bits per heavy atom. The molecule has 0 unspecified atom stereocenters. The van der Waals surface area contributed by atoms with Crippen LogP contribution in [0.4, 0.5) is 13.2 Å². The summed E-state index contributed by atoms with van der Waals surface area (Å²) in [5.74, 6) is -0.427. The first-order valence-electron chi connectivity index (χ1n) is 7.99. The minimum Gasteiger partial charge on any atom is -0.406 e. The lowest BCUT2D eigenvalue weighted by Crippen LogP contribution is -2.36. The van der Waals surface area contributed by atoms with Gasteiger partial charge in [0.1, 0.15) is 5.75 Å². The first-order valence-corrected chi connectivity index (χ1v) is 7.99. The second kappa shape index (κ2) is 9.52. The van der Waals surface area contributed by atoms with E-state index < -0.39 is 6.36 Å². The monoisotopic (exact) mass is 347 g/mol. The molecule has 4 nitrogen and oxygen atoms in total. The Hall–Kier alpha value is -1.76. The fourth-order valence-electron chi connectivity index (χ4n) is 2.37. The van der Waals surface area contributed by atoms with E-state index in [9.17, 15) is 18.0 Å². The van der Waals surface area contributed by atoms with Crippen LogP contribution in [-0.2, 0) is 11.2 Å². The molecule has 24 heavy (non-hydrogen) atoms. The molecule has 1 aromatic carbocycles. The molecule has 7 heteroatoms. The van der Waals surface area contributed by atoms with Crippen molar-refractivity contribution in [2.75, 3.05) is 6.61 Å². The van der Waals surface area contributed by atoms with Gasteiger partial charge in [0.15, 0.2) is 0 Å². The molecule has 0 saturated carbocycles. The van der Waals surface area contributed by atoms with E-state index in [0.717, 1.165) is 6.42 Å². The summed E-state index contributed by atoms with van der Waals surface area (Å²) in [4.78, 5) is 12.0. The van der Waals surface area contributed by atoms with E-state index in [2.05, 4.69) is 10.1 Å². The molecule has 1 aromatic rings. The molecule has 2 atom stereocenters. The Morgan fingerprint density at radius 2 is 2.00 bits per heavy atom. The molecule has 0 aliphatic heterocycles. The summed E-state index contributed by atoms with van der Waals surface area (Å²) >= 11 is 0. The number of ether oxygens (including phenoxy) is 1. The van der Waals surface area contributed by atoms with Crippen LogP contribution in [0.15, 0.2) is 24.3 Å². The lowest BCUT2D eigenvalue weighted by Gasteiger charge is -2.20. The van der Waals surface area contributed by atoms with Gasteiger partial charge >= 0.3 is 6.36 Å². The molecule has 0 spiro atoms. The zero-order chi connectivity index (χ0) is 18.2. The van der Waals surface area contributed by atoms with Crippen molar-refractivity contribution >= 4 is 5.91 Å². The minimum absolute atomic E-state index is 0.0501. The molecule has 0 radical (unpaired) electrons. The van der Waals surface area contributed by atoms with Crippen LogP contribution in [0, 0.1) is 5.92 Å². The van der Waals surface area contributed by atoms with Gasteiger partial charge in [-0.3, -0.25) is 4.79 Å². The van der Waals surface area contributed by atoms with Crippen molar-refractivity contribution < 1.29 is 27.8 Å². The zero-order valence-electron chi connectivity index (χ0n) is 13.9. The second-order valence-electron chi connectivity index (χ2n) is 5.85. The molecule has 0 heterocycles. The average molecular weight is 347 g/mol. The van der Waals surface area contributed by atoms with Gasteiger partial charge in [-0.15, -0.1) is 13.2 Å². The number of aryl methyl sites for hydroxylation is 1. The van der Waals surface area contributed by atoms with E-state index in [0.29, 0.717) is 12.0 Å². The quantitative estimate of drug-likeness (QED) is 0.719. The molecule has 1 amide bonds. The summed E-state index contributed by atoms with van der Waals surface area (Å²) in [7, 11) is 0. The summed E-state index contributed by atoms with van der Waals surface area (Å²) in [6.07, 6.45) is -3.14. The van der Waals surface area contributed by atoms with E-state index >= 15 is 0 Å². The van der Waals surface area contributed by atoms with E-state index in [-0.39, 0.29) is 43.1 Å². The fraction of sp³-hybridized carbons (Fsp3) is 0.588. The average Bonchev–Trinajstić information content (AvgIpc) is 2.51. The van der Waals surface area contributed by atoms with E-state index in [4.69, 9.17) is 5.11 Å². The summed E-state index contributed by atoms with van der Waals surface area (Å²) in [6, 6.07) is 5.75. The van der Waals surface area contributed by atoms with Crippen LogP contribution in [-0.4, -0.2) is 30.0 Å². The maximum atomic E-state index is 12.4. The Kier molecular flexibility index (Phi) is 8.04. The molecular weight excluding hydrogens is 323 g/mol. The standard InChI is InChI=1S/C17H24F3NO3/c1-3-14(10-12(2)11-22)21-16(23)9-8-13-6-4-5-7-15(13)24-17(18,19)20/h4-7,12,14,22H,3,8-11H2,1-2H3,(H,21,23)/t12-,14-/m1/s1. The third-order valence-corrected chi connectivity index (χ3v) is 3.68. The predicted octanol–water partition coefficient (Wildman–Crippen LogP) is 3.43. The van der Waals surface area contributed by atoms with Crippen molar-refractivity contribution in [2.24, 2.45) is 5.92 Å². The molecular formula is C17H24F3NO3. The number of alkyl halides is 3. The number of aliphatic hydroxyl groups is 1. The van der Waals surface area contributed by atoms with Crippen LogP contribution in [0.1, 0.15) is 38.7 Å². The van der Waals surface area contributed by atoms with Crippen LogP contribution in [0.2, 0.25) is 0 Å². The molecule has 0 fully saturated rings. The first kappa shape index (κ1) is 20.3. The maximum absolute atomic E-state index is 12.4. The Bertz CT molecular complexity index is 520. The lowest BCUT2D eigenvalue weighted by atomic mass is 10.0. The van der Waals surface area contributed by atoms with Crippen LogP contribution in [0.5, 0.6) is 5.75 Å². The van der Waals surface area contributed by atoms with Gasteiger partial charge in [-0.05, 0) is 36.8 Å². The second-order valence-corrected chi connectivity index (χ2v) is 5.85. The highest BCUT2D eigenvalue weighted by atomic mass is 19.4. The number of hydrogen-bond acceptors (Lipinski definition) is 3. The van der Waals surface area contributed by atoms with Crippen molar-refractivity contribution in [3.05, 3.63) is 29.8 Å². The Morgan fingerprint density at radius 1 is 1.33 bits per heavy atom. The van der Waals surface area contributed by atoms with Gasteiger partial charge in [-0.25, -0.2) is 0 Å². The molecule has 0 saturated heterocycles. The predicted molar refractivity (Wildman–Crippen MR) is 84.5 cm³/mol. The molecule has 1 rings (SSSR count). The van der Waals surface area contributed by atoms with Gasteiger partial charge in [-0.1, -0.05) is 32.0 Å². The minimum atomic E-state index is -4.76. The Labute approximate surface area is 140 Å². The number of para-hydroxylation sites is 1. The van der Waals surface area contributed by atoms with Crippen LogP contribution in [0.25, 0.3) is 0 Å². The third-order valence-electron chi connectivity index (χ3n) is 3.68. The number of halogens is 3. The number of rotatable bonds is 9. The number of amides is 1. The zero-order valence-corrected chi connectivity index (χ0v) is 13.9. The smallest absolute Gasteiger partial charge is 0.406 e. The summed E-state index contributed by atoms with van der Waals surface area (Å²) < 4.78 is 41.1. The van der Waals surface area contributed by atoms with Gasteiger partial charge < -0.3 is 15.2 Å². The van der Waals surface area contributed by atoms with E-state index in [1.807, 2.05) is 13.8 Å². The summed E-state index contributed by atoms with van der Waals surface area (Å²) in [5.41, 5.74) is 0.335. The summed E-state index contributed by atoms with van der Waals surface area (Å²) in [6.45, 7) is 3.87. The van der Waals surface area contributed by atoms with Crippen molar-refractivity contribution in [3.63, 3.8) is 0 Å². The number of hydrogen-bond donors (Lipinski definition) is 2. The molecule has 0 aliphatic carbocycles. The largest absolute Gasteiger partial charge is 0.573 e. The molecule has 2 N–H and O–H groups in total. The number of nitrogens with one attached hydrogen (secondary N) is 1. The number of carbonyl (C=O) groups is 1. The molecule has 136 valence electrons. The van der Waals surface area contributed by atoms with Crippen molar-refractivity contribution in [1.29, 1.82) is 0 Å². The van der Waals surface area contributed by atoms with Crippen LogP contribution in [0.3, 0.4) is 0 Å². The van der Waals surface area contributed by atoms with Gasteiger partial charge in [0.2, 0.25) is 5.91 Å². The van der Waals surface area contributed by atoms with E-state index in [1.165, 1.54) is 18.2 Å². The van der Waals surface area contributed by atoms with Crippen molar-refractivity contribution in [3.8, 4) is 5.75 Å². The fourth-order valence-corrected chi connectivity index (χ4v) is 2.37. The van der Waals surface area contributed by atoms with Gasteiger partial charge in [0.25, 0.3) is 0 Å².